The van der Waals surface area contributed by atoms with Gasteiger partial charge in [-0.25, -0.2) is 4.39 Å². The first-order valence-electron chi connectivity index (χ1n) is 10.4. The van der Waals surface area contributed by atoms with E-state index < -0.39 is 0 Å². The van der Waals surface area contributed by atoms with E-state index >= 15 is 0 Å². The van der Waals surface area contributed by atoms with Gasteiger partial charge in [-0.3, -0.25) is 9.69 Å². The first-order valence-corrected chi connectivity index (χ1v) is 10.4. The van der Waals surface area contributed by atoms with Gasteiger partial charge >= 0.3 is 0 Å². The number of benzene rings is 3. The topological polar surface area (TPSA) is 79.9 Å². The van der Waals surface area contributed by atoms with Crippen LogP contribution in [0.3, 0.4) is 0 Å². The molecule has 166 valence electrons. The minimum atomic E-state index is -0.370. The third-order valence-corrected chi connectivity index (χ3v) is 5.47. The van der Waals surface area contributed by atoms with Crippen molar-refractivity contribution in [3.05, 3.63) is 100 Å². The maximum absolute atomic E-state index is 14.4. The zero-order valence-corrected chi connectivity index (χ0v) is 18.6. The van der Waals surface area contributed by atoms with E-state index in [1.54, 1.807) is 42.5 Å². The molecule has 0 unspecified atom stereocenters. The fourth-order valence-electron chi connectivity index (χ4n) is 3.59. The van der Waals surface area contributed by atoms with Gasteiger partial charge in [0, 0.05) is 35.9 Å². The predicted molar refractivity (Wildman–Crippen MR) is 126 cm³/mol. The van der Waals surface area contributed by atoms with Crippen LogP contribution in [-0.4, -0.2) is 16.8 Å². The van der Waals surface area contributed by atoms with E-state index in [-0.39, 0.29) is 24.1 Å². The zero-order chi connectivity index (χ0) is 22.5. The van der Waals surface area contributed by atoms with Crippen LogP contribution >= 0.6 is 12.4 Å². The van der Waals surface area contributed by atoms with E-state index in [9.17, 15) is 9.18 Å². The lowest BCUT2D eigenvalue weighted by atomic mass is 10.1. The number of anilines is 1. The molecule has 0 heterocycles. The molecule has 4 rings (SSSR count). The third kappa shape index (κ3) is 6.17. The molecule has 0 radical (unpaired) electrons. The van der Waals surface area contributed by atoms with Crippen LogP contribution in [0.4, 0.5) is 10.1 Å². The van der Waals surface area contributed by atoms with Gasteiger partial charge in [0.2, 0.25) is 0 Å². The molecule has 1 aliphatic carbocycles. The number of halogens is 2. The smallest absolute Gasteiger partial charge is 0.255 e. The van der Waals surface area contributed by atoms with Crippen LogP contribution in [0.2, 0.25) is 0 Å². The van der Waals surface area contributed by atoms with Gasteiger partial charge < -0.3 is 5.32 Å². The van der Waals surface area contributed by atoms with Crippen molar-refractivity contribution in [1.82, 2.24) is 4.90 Å². The van der Waals surface area contributed by atoms with Gasteiger partial charge in [0.15, 0.2) is 0 Å². The molecule has 7 heteroatoms. The second-order valence-electron chi connectivity index (χ2n) is 7.90. The monoisotopic (exact) mass is 460 g/mol. The Balaban J connectivity index is 0.00000306. The summed E-state index contributed by atoms with van der Waals surface area (Å²) in [5.74, 6) is -0.599. The Labute approximate surface area is 198 Å². The summed E-state index contributed by atoms with van der Waals surface area (Å²) in [6, 6.07) is 23.1. The highest BCUT2D eigenvalue weighted by atomic mass is 35.5. The summed E-state index contributed by atoms with van der Waals surface area (Å²) in [6.45, 7) is 1.05. The number of nitrogens with zero attached hydrogens (tertiary/aromatic N) is 3. The summed E-state index contributed by atoms with van der Waals surface area (Å²) in [5.41, 5.74) is 3.53. The fraction of sp³-hybridized carbons (Fsp3) is 0.192. The number of carbonyl (C=O) groups is 1. The first-order chi connectivity index (χ1) is 15.6. The first kappa shape index (κ1) is 23.9. The Morgan fingerprint density at radius 3 is 2.30 bits per heavy atom. The molecule has 1 fully saturated rings. The quantitative estimate of drug-likeness (QED) is 0.511. The molecule has 5 nitrogen and oxygen atoms in total. The largest absolute Gasteiger partial charge is 0.322 e. The van der Waals surface area contributed by atoms with Gasteiger partial charge in [0.05, 0.1) is 23.3 Å². The molecule has 1 amide bonds. The molecule has 3 aromatic carbocycles. The maximum atomic E-state index is 14.4. The van der Waals surface area contributed by atoms with Crippen molar-refractivity contribution in [1.29, 1.82) is 10.5 Å². The van der Waals surface area contributed by atoms with Gasteiger partial charge in [0.1, 0.15) is 5.82 Å². The van der Waals surface area contributed by atoms with Crippen LogP contribution in [0.1, 0.15) is 45.5 Å². The third-order valence-electron chi connectivity index (χ3n) is 5.47. The standard InChI is InChI=1S/C26H21FN4O.ClH/c27-25-13-19(15-29)4-7-22(25)17-31(24-10-11-24)16-20-2-1-3-21(12-20)26(32)30-23-8-5-18(14-28)6-9-23;/h1-9,12-13,24H,10-11,16-17H2,(H,30,32);1H. The average Bonchev–Trinajstić information content (AvgIpc) is 3.66. The van der Waals surface area contributed by atoms with Crippen LogP contribution in [0.15, 0.2) is 66.7 Å². The normalized spacial score (nSPS) is 12.4. The highest BCUT2D eigenvalue weighted by molar-refractivity contribution is 6.04. The Morgan fingerprint density at radius 1 is 0.970 bits per heavy atom. The predicted octanol–water partition coefficient (Wildman–Crippen LogP) is 5.41. The van der Waals surface area contributed by atoms with Crippen molar-refractivity contribution in [3.63, 3.8) is 0 Å². The Hall–Kier alpha value is -3.71. The van der Waals surface area contributed by atoms with Crippen LogP contribution in [-0.2, 0) is 13.1 Å². The van der Waals surface area contributed by atoms with Gasteiger partial charge in [-0.05, 0) is 66.9 Å². The van der Waals surface area contributed by atoms with Crippen molar-refractivity contribution in [2.75, 3.05) is 5.32 Å². The molecule has 0 aromatic heterocycles. The molecule has 1 N–H and O–H groups in total. The van der Waals surface area contributed by atoms with Crippen LogP contribution in [0, 0.1) is 28.5 Å². The summed E-state index contributed by atoms with van der Waals surface area (Å²) in [5, 5.41) is 20.7. The van der Waals surface area contributed by atoms with Crippen molar-refractivity contribution in [3.8, 4) is 12.1 Å². The number of hydrogen-bond acceptors (Lipinski definition) is 4. The Morgan fingerprint density at radius 2 is 1.67 bits per heavy atom. The van der Waals surface area contributed by atoms with Crippen molar-refractivity contribution < 1.29 is 9.18 Å². The van der Waals surface area contributed by atoms with E-state index in [4.69, 9.17) is 10.5 Å². The minimum Gasteiger partial charge on any atom is -0.322 e. The molecule has 0 saturated heterocycles. The molecule has 0 spiro atoms. The number of nitriles is 2. The Kier molecular flexibility index (Phi) is 7.79. The summed E-state index contributed by atoms with van der Waals surface area (Å²) < 4.78 is 14.4. The molecule has 0 aliphatic heterocycles. The molecule has 33 heavy (non-hydrogen) atoms. The van der Waals surface area contributed by atoms with Gasteiger partial charge in [-0.2, -0.15) is 10.5 Å². The van der Waals surface area contributed by atoms with Crippen LogP contribution in [0.5, 0.6) is 0 Å². The summed E-state index contributed by atoms with van der Waals surface area (Å²) >= 11 is 0. The summed E-state index contributed by atoms with van der Waals surface area (Å²) in [4.78, 5) is 14.9. The van der Waals surface area contributed by atoms with Crippen molar-refractivity contribution >= 4 is 24.0 Å². The Bertz CT molecular complexity index is 1230. The summed E-state index contributed by atoms with van der Waals surface area (Å²) in [6.07, 6.45) is 2.13. The molecule has 0 atom stereocenters. The lowest BCUT2D eigenvalue weighted by Crippen LogP contribution is -2.25. The SMILES string of the molecule is Cl.N#Cc1ccc(NC(=O)c2cccc(CN(Cc3ccc(C#N)cc3F)C3CC3)c2)cc1. The molecule has 3 aromatic rings. The van der Waals surface area contributed by atoms with Gasteiger partial charge in [-0.15, -0.1) is 12.4 Å². The van der Waals surface area contributed by atoms with E-state index in [2.05, 4.69) is 16.3 Å². The average molecular weight is 461 g/mol. The van der Waals surface area contributed by atoms with Crippen molar-refractivity contribution in [2.45, 2.75) is 32.0 Å². The minimum absolute atomic E-state index is 0. The maximum Gasteiger partial charge on any atom is 0.255 e. The van der Waals surface area contributed by atoms with E-state index in [1.807, 2.05) is 24.3 Å². The number of hydrogen-bond donors (Lipinski definition) is 1. The fourth-order valence-corrected chi connectivity index (χ4v) is 3.59. The van der Waals surface area contributed by atoms with Crippen LogP contribution in [0.25, 0.3) is 0 Å². The van der Waals surface area contributed by atoms with E-state index in [0.29, 0.717) is 47.1 Å². The van der Waals surface area contributed by atoms with Crippen LogP contribution < -0.4 is 5.32 Å². The summed E-state index contributed by atoms with van der Waals surface area (Å²) in [7, 11) is 0. The molecule has 1 saturated carbocycles. The highest BCUT2D eigenvalue weighted by Crippen LogP contribution is 2.30. The highest BCUT2D eigenvalue weighted by Gasteiger charge is 2.29. The molecule has 1 aliphatic rings. The zero-order valence-electron chi connectivity index (χ0n) is 17.8. The number of rotatable bonds is 7. The van der Waals surface area contributed by atoms with E-state index in [0.717, 1.165) is 18.4 Å². The van der Waals surface area contributed by atoms with Crippen molar-refractivity contribution in [2.24, 2.45) is 0 Å². The molecular formula is C26H22ClFN4O. The molecule has 0 bridgehead atoms. The van der Waals surface area contributed by atoms with Gasteiger partial charge in [0.25, 0.3) is 5.91 Å². The number of amides is 1. The molecular weight excluding hydrogens is 439 g/mol. The second-order valence-corrected chi connectivity index (χ2v) is 7.90. The van der Waals surface area contributed by atoms with Gasteiger partial charge in [-0.1, -0.05) is 18.2 Å². The van der Waals surface area contributed by atoms with E-state index in [1.165, 1.54) is 6.07 Å². The lowest BCUT2D eigenvalue weighted by molar-refractivity contribution is 0.102. The lowest BCUT2D eigenvalue weighted by Gasteiger charge is -2.23. The second kappa shape index (κ2) is 10.7. The number of carbonyl (C=O) groups excluding carboxylic acids is 1. The number of nitrogens with one attached hydrogen (secondary N) is 1.